The van der Waals surface area contributed by atoms with Crippen LogP contribution < -0.4 is 15.4 Å². The number of carbonyl (C=O) groups is 3. The smallest absolute Gasteiger partial charge is 0.408 e. The number of aliphatic carboxylic acids is 1. The van der Waals surface area contributed by atoms with Crippen LogP contribution in [-0.4, -0.2) is 51.4 Å². The number of hydrogen-bond donors (Lipinski definition) is 4. The van der Waals surface area contributed by atoms with Gasteiger partial charge in [-0.2, -0.15) is 5.26 Å². The average Bonchev–Trinajstić information content (AvgIpc) is 2.83. The summed E-state index contributed by atoms with van der Waals surface area (Å²) in [6.07, 6.45) is -1.07. The molecule has 0 aliphatic rings. The molecule has 0 aliphatic carbocycles. The largest absolute Gasteiger partial charge is 0.505 e. The lowest BCUT2D eigenvalue weighted by Gasteiger charge is -2.22. The van der Waals surface area contributed by atoms with E-state index in [2.05, 4.69) is 15.6 Å². The highest BCUT2D eigenvalue weighted by atomic mass is 16.6. The van der Waals surface area contributed by atoms with E-state index in [1.165, 1.54) is 12.1 Å². The van der Waals surface area contributed by atoms with Crippen LogP contribution in [0, 0.1) is 11.3 Å². The first-order valence-electron chi connectivity index (χ1n) is 11.3. The van der Waals surface area contributed by atoms with E-state index in [0.29, 0.717) is 11.5 Å². The van der Waals surface area contributed by atoms with Crippen LogP contribution >= 0.6 is 0 Å². The number of fused-ring (bicyclic) bond motifs is 1. The molecule has 0 unspecified atom stereocenters. The molecular weight excluding hydrogens is 480 g/mol. The number of carboxylic acids is 1. The zero-order valence-electron chi connectivity index (χ0n) is 20.4. The lowest BCUT2D eigenvalue weighted by Crippen LogP contribution is -2.45. The van der Waals surface area contributed by atoms with Gasteiger partial charge in [0, 0.05) is 17.3 Å². The monoisotopic (exact) mass is 506 g/mol. The van der Waals surface area contributed by atoms with Gasteiger partial charge >= 0.3 is 12.1 Å². The van der Waals surface area contributed by atoms with Crippen LogP contribution in [0.3, 0.4) is 0 Å². The Bertz CT molecular complexity index is 1360. The number of aromatic nitrogens is 1. The molecule has 0 saturated heterocycles. The topological polar surface area (TPSA) is 171 Å². The number of alkyl carbamates (subject to hydrolysis) is 1. The fraction of sp³-hybridized carbons (Fsp3) is 0.269. The van der Waals surface area contributed by atoms with E-state index >= 15 is 0 Å². The highest BCUT2D eigenvalue weighted by Crippen LogP contribution is 2.33. The molecule has 2 aromatic carbocycles. The number of carbonyl (C=O) groups excluding carboxylic acids is 2. The SMILES string of the molecule is CC(C)(C)OC(=O)N[C@H](CCNC(=O)c1nc(C#N)c2cc(Oc3ccccc3)ccc2c1O)C(=O)O. The number of nitriles is 1. The van der Waals surface area contributed by atoms with Crippen LogP contribution in [0.5, 0.6) is 17.2 Å². The van der Waals surface area contributed by atoms with Crippen LogP contribution in [0.1, 0.15) is 43.4 Å². The van der Waals surface area contributed by atoms with Crippen molar-refractivity contribution in [2.24, 2.45) is 0 Å². The molecule has 11 nitrogen and oxygen atoms in total. The van der Waals surface area contributed by atoms with Gasteiger partial charge in [-0.15, -0.1) is 0 Å². The van der Waals surface area contributed by atoms with Crippen molar-refractivity contribution in [3.05, 3.63) is 59.9 Å². The van der Waals surface area contributed by atoms with Crippen molar-refractivity contribution in [3.63, 3.8) is 0 Å². The number of pyridine rings is 1. The van der Waals surface area contributed by atoms with Gasteiger partial charge in [0.1, 0.15) is 34.9 Å². The fourth-order valence-corrected chi connectivity index (χ4v) is 3.33. The molecule has 2 amide bonds. The third kappa shape index (κ3) is 7.08. The third-order valence-corrected chi connectivity index (χ3v) is 4.96. The summed E-state index contributed by atoms with van der Waals surface area (Å²) in [7, 11) is 0. The molecule has 1 atom stereocenters. The standard InChI is InChI=1S/C26H26N4O7/c1-26(2,3)37-25(35)30-19(24(33)34)11-12-28-23(32)21-22(31)17-10-9-16(13-18(17)20(14-27)29-21)36-15-7-5-4-6-8-15/h4-10,13,19,31H,11-12H2,1-3H3,(H,28,32)(H,30,35)(H,33,34)/t19-/m1/s1. The molecule has 0 aliphatic heterocycles. The molecule has 0 radical (unpaired) electrons. The minimum atomic E-state index is -1.33. The number of nitrogens with one attached hydrogen (secondary N) is 2. The third-order valence-electron chi connectivity index (χ3n) is 4.96. The molecule has 0 fully saturated rings. The number of carboxylic acid groups (broad SMARTS) is 1. The van der Waals surface area contributed by atoms with Crippen molar-refractivity contribution in [2.75, 3.05) is 6.54 Å². The summed E-state index contributed by atoms with van der Waals surface area (Å²) in [4.78, 5) is 40.1. The van der Waals surface area contributed by atoms with Gasteiger partial charge in [0.05, 0.1) is 0 Å². The maximum absolute atomic E-state index is 12.7. The van der Waals surface area contributed by atoms with Crippen LogP contribution in [0.15, 0.2) is 48.5 Å². The van der Waals surface area contributed by atoms with Crippen molar-refractivity contribution in [1.29, 1.82) is 5.26 Å². The Labute approximate surface area is 212 Å². The van der Waals surface area contributed by atoms with Gasteiger partial charge in [-0.1, -0.05) is 18.2 Å². The Morgan fingerprint density at radius 1 is 1.08 bits per heavy atom. The zero-order chi connectivity index (χ0) is 27.2. The van der Waals surface area contributed by atoms with Crippen molar-refractivity contribution in [3.8, 4) is 23.3 Å². The number of benzene rings is 2. The highest BCUT2D eigenvalue weighted by molar-refractivity contribution is 6.03. The van der Waals surface area contributed by atoms with E-state index in [1.807, 2.05) is 24.3 Å². The molecule has 1 heterocycles. The van der Waals surface area contributed by atoms with Gasteiger partial charge in [-0.25, -0.2) is 14.6 Å². The van der Waals surface area contributed by atoms with Gasteiger partial charge < -0.3 is 30.3 Å². The van der Waals surface area contributed by atoms with Crippen molar-refractivity contribution >= 4 is 28.7 Å². The molecule has 11 heteroatoms. The predicted octanol–water partition coefficient (Wildman–Crippen LogP) is 3.70. The number of aromatic hydroxyl groups is 1. The average molecular weight is 507 g/mol. The van der Waals surface area contributed by atoms with Gasteiger partial charge in [0.2, 0.25) is 0 Å². The molecule has 3 rings (SSSR count). The van der Waals surface area contributed by atoms with E-state index in [1.54, 1.807) is 39.0 Å². The summed E-state index contributed by atoms with van der Waals surface area (Å²) >= 11 is 0. The Balaban J connectivity index is 1.74. The lowest BCUT2D eigenvalue weighted by molar-refractivity contribution is -0.139. The van der Waals surface area contributed by atoms with Crippen molar-refractivity contribution in [2.45, 2.75) is 38.8 Å². The fourth-order valence-electron chi connectivity index (χ4n) is 3.33. The molecule has 3 aromatic rings. The summed E-state index contributed by atoms with van der Waals surface area (Å²) in [6, 6.07) is 14.2. The number of ether oxygens (including phenoxy) is 2. The van der Waals surface area contributed by atoms with E-state index in [4.69, 9.17) is 9.47 Å². The first-order valence-corrected chi connectivity index (χ1v) is 11.3. The quantitative estimate of drug-likeness (QED) is 0.355. The van der Waals surface area contributed by atoms with E-state index < -0.39 is 41.1 Å². The Morgan fingerprint density at radius 2 is 1.78 bits per heavy atom. The van der Waals surface area contributed by atoms with Crippen molar-refractivity contribution in [1.82, 2.24) is 15.6 Å². The maximum Gasteiger partial charge on any atom is 0.408 e. The number of para-hydroxylation sites is 1. The minimum Gasteiger partial charge on any atom is -0.505 e. The van der Waals surface area contributed by atoms with Gasteiger partial charge in [-0.05, 0) is 57.5 Å². The molecule has 4 N–H and O–H groups in total. The van der Waals surface area contributed by atoms with E-state index in [0.717, 1.165) is 0 Å². The molecular formula is C26H26N4O7. The van der Waals surface area contributed by atoms with Crippen LogP contribution in [0.25, 0.3) is 10.8 Å². The molecule has 37 heavy (non-hydrogen) atoms. The number of rotatable bonds is 8. The molecule has 1 aromatic heterocycles. The maximum atomic E-state index is 12.7. The number of amides is 2. The summed E-state index contributed by atoms with van der Waals surface area (Å²) in [5.41, 5.74) is -1.31. The Kier molecular flexibility index (Phi) is 8.14. The second-order valence-corrected chi connectivity index (χ2v) is 8.97. The molecule has 192 valence electrons. The van der Waals surface area contributed by atoms with E-state index in [9.17, 15) is 29.9 Å². The summed E-state index contributed by atoms with van der Waals surface area (Å²) < 4.78 is 10.8. The van der Waals surface area contributed by atoms with Crippen molar-refractivity contribution < 1.29 is 34.1 Å². The zero-order valence-corrected chi connectivity index (χ0v) is 20.4. The first-order chi connectivity index (χ1) is 17.5. The molecule has 0 saturated carbocycles. The Hall–Kier alpha value is -4.85. The van der Waals surface area contributed by atoms with Gasteiger partial charge in [0.25, 0.3) is 5.91 Å². The second-order valence-electron chi connectivity index (χ2n) is 8.97. The van der Waals surface area contributed by atoms with Gasteiger partial charge in [0.15, 0.2) is 11.4 Å². The van der Waals surface area contributed by atoms with Crippen LogP contribution in [0.2, 0.25) is 0 Å². The highest BCUT2D eigenvalue weighted by Gasteiger charge is 2.25. The minimum absolute atomic E-state index is 0.105. The summed E-state index contributed by atoms with van der Waals surface area (Å²) in [5, 5.41) is 34.9. The number of nitrogens with zero attached hydrogens (tertiary/aromatic N) is 2. The number of hydrogen-bond acceptors (Lipinski definition) is 8. The normalized spacial score (nSPS) is 11.7. The van der Waals surface area contributed by atoms with Gasteiger partial charge in [-0.3, -0.25) is 4.79 Å². The lowest BCUT2D eigenvalue weighted by atomic mass is 10.1. The summed E-state index contributed by atoms with van der Waals surface area (Å²) in [5.74, 6) is -1.59. The first kappa shape index (κ1) is 26.7. The van der Waals surface area contributed by atoms with Crippen LogP contribution in [0.4, 0.5) is 4.79 Å². The second kappa shape index (κ2) is 11.3. The summed E-state index contributed by atoms with van der Waals surface area (Å²) in [6.45, 7) is 4.74. The van der Waals surface area contributed by atoms with E-state index in [-0.39, 0.29) is 29.4 Å². The molecule has 0 spiro atoms. The van der Waals surface area contributed by atoms with Crippen LogP contribution in [-0.2, 0) is 9.53 Å². The predicted molar refractivity (Wildman–Crippen MR) is 132 cm³/mol. The Morgan fingerprint density at radius 3 is 2.41 bits per heavy atom. The molecule has 0 bridgehead atoms.